The highest BCUT2D eigenvalue weighted by molar-refractivity contribution is 8.17. The molecule has 1 rings (SSSR count). The molecule has 0 bridgehead atoms. The van der Waals surface area contributed by atoms with E-state index in [0.717, 1.165) is 0 Å². The SMILES string of the molecule is O=C1CN=CS1(=O)=O. The summed E-state index contributed by atoms with van der Waals surface area (Å²) in [5.41, 5.74) is 0.690. The van der Waals surface area contributed by atoms with E-state index in [1.165, 1.54) is 0 Å². The molecule has 1 aliphatic heterocycles. The van der Waals surface area contributed by atoms with Gasteiger partial charge in [-0.25, -0.2) is 8.42 Å². The zero-order chi connectivity index (χ0) is 6.20. The maximum atomic E-state index is 10.3. The number of carbonyl (C=O) groups excluding carboxylic acids is 1. The number of nitrogens with zero attached hydrogens (tertiary/aromatic N) is 1. The standard InChI is InChI=1S/C3H3NO3S/c5-3-1-4-2-8(3,6)7/h2H,1H2. The molecule has 1 aliphatic rings. The first-order valence-electron chi connectivity index (χ1n) is 1.91. The lowest BCUT2D eigenvalue weighted by Gasteiger charge is -1.77. The van der Waals surface area contributed by atoms with Gasteiger partial charge >= 0.3 is 0 Å². The Kier molecular flexibility index (Phi) is 0.937. The first-order chi connectivity index (χ1) is 3.63. The Morgan fingerprint density at radius 3 is 2.38 bits per heavy atom. The van der Waals surface area contributed by atoms with E-state index < -0.39 is 15.0 Å². The second-order valence-electron chi connectivity index (χ2n) is 1.36. The van der Waals surface area contributed by atoms with Gasteiger partial charge in [0, 0.05) is 0 Å². The molecule has 0 aliphatic carbocycles. The lowest BCUT2D eigenvalue weighted by molar-refractivity contribution is -0.110. The average Bonchev–Trinajstić information content (AvgIpc) is 1.86. The van der Waals surface area contributed by atoms with E-state index in [4.69, 9.17) is 0 Å². The van der Waals surface area contributed by atoms with Crippen molar-refractivity contribution in [3.05, 3.63) is 0 Å². The minimum atomic E-state index is -3.56. The molecule has 0 N–H and O–H groups in total. The summed E-state index contributed by atoms with van der Waals surface area (Å²) >= 11 is 0. The highest BCUT2D eigenvalue weighted by Gasteiger charge is 2.23. The van der Waals surface area contributed by atoms with Crippen LogP contribution in [0.1, 0.15) is 0 Å². The van der Waals surface area contributed by atoms with E-state index in [-0.39, 0.29) is 6.54 Å². The van der Waals surface area contributed by atoms with Gasteiger partial charge in [0.2, 0.25) is 0 Å². The van der Waals surface area contributed by atoms with Gasteiger partial charge in [0.05, 0.1) is 0 Å². The molecule has 5 heteroatoms. The zero-order valence-corrected chi connectivity index (χ0v) is 4.68. The Morgan fingerprint density at radius 1 is 1.62 bits per heavy atom. The van der Waals surface area contributed by atoms with Crippen LogP contribution in [0.2, 0.25) is 0 Å². The summed E-state index contributed by atoms with van der Waals surface area (Å²) in [6.45, 7) is -0.206. The van der Waals surface area contributed by atoms with E-state index >= 15 is 0 Å². The Morgan fingerprint density at radius 2 is 2.25 bits per heavy atom. The van der Waals surface area contributed by atoms with Crippen molar-refractivity contribution in [2.24, 2.45) is 4.99 Å². The minimum Gasteiger partial charge on any atom is -0.279 e. The van der Waals surface area contributed by atoms with Gasteiger partial charge in [0.15, 0.2) is 0 Å². The van der Waals surface area contributed by atoms with Crippen molar-refractivity contribution in [3.8, 4) is 0 Å². The highest BCUT2D eigenvalue weighted by Crippen LogP contribution is 1.95. The molecule has 0 amide bonds. The molecule has 8 heavy (non-hydrogen) atoms. The van der Waals surface area contributed by atoms with Gasteiger partial charge in [-0.05, 0) is 0 Å². The molecule has 0 saturated heterocycles. The van der Waals surface area contributed by atoms with E-state index in [9.17, 15) is 13.2 Å². The summed E-state index contributed by atoms with van der Waals surface area (Å²) in [5.74, 6) is 0. The largest absolute Gasteiger partial charge is 0.279 e. The van der Waals surface area contributed by atoms with Crippen molar-refractivity contribution in [1.29, 1.82) is 0 Å². The fourth-order valence-electron chi connectivity index (χ4n) is 0.359. The number of hydrogen-bond donors (Lipinski definition) is 0. The van der Waals surface area contributed by atoms with Crippen molar-refractivity contribution in [1.82, 2.24) is 0 Å². The monoisotopic (exact) mass is 133 g/mol. The van der Waals surface area contributed by atoms with Gasteiger partial charge in [0.1, 0.15) is 12.1 Å². The second kappa shape index (κ2) is 1.38. The Bertz CT molecular complexity index is 237. The summed E-state index contributed by atoms with van der Waals surface area (Å²) in [6.07, 6.45) is 0. The molecule has 0 atom stereocenters. The lowest BCUT2D eigenvalue weighted by Crippen LogP contribution is -2.10. The van der Waals surface area contributed by atoms with Crippen LogP contribution in [-0.2, 0) is 14.6 Å². The first kappa shape index (κ1) is 5.43. The molecule has 0 fully saturated rings. The van der Waals surface area contributed by atoms with Gasteiger partial charge < -0.3 is 0 Å². The van der Waals surface area contributed by atoms with E-state index in [0.29, 0.717) is 5.55 Å². The molecule has 44 valence electrons. The summed E-state index contributed by atoms with van der Waals surface area (Å²) in [6, 6.07) is 0. The summed E-state index contributed by atoms with van der Waals surface area (Å²) in [5, 5.41) is -0.808. The molecule has 0 aromatic heterocycles. The Hall–Kier alpha value is -0.710. The molecule has 0 spiro atoms. The minimum absolute atomic E-state index is 0.206. The lowest BCUT2D eigenvalue weighted by atomic mass is 10.8. The van der Waals surface area contributed by atoms with Crippen LogP contribution in [0, 0.1) is 0 Å². The van der Waals surface area contributed by atoms with Gasteiger partial charge in [0.25, 0.3) is 15.0 Å². The zero-order valence-electron chi connectivity index (χ0n) is 3.86. The fourth-order valence-corrected chi connectivity index (χ4v) is 1.00. The van der Waals surface area contributed by atoms with E-state index in [2.05, 4.69) is 4.99 Å². The van der Waals surface area contributed by atoms with Crippen molar-refractivity contribution >= 4 is 20.5 Å². The van der Waals surface area contributed by atoms with Crippen LogP contribution in [0.15, 0.2) is 4.99 Å². The number of rotatable bonds is 0. The highest BCUT2D eigenvalue weighted by atomic mass is 32.2. The van der Waals surface area contributed by atoms with E-state index in [1.54, 1.807) is 0 Å². The third kappa shape index (κ3) is 0.645. The maximum absolute atomic E-state index is 10.3. The number of sulfone groups is 1. The van der Waals surface area contributed by atoms with Crippen LogP contribution in [0.5, 0.6) is 0 Å². The molecule has 4 nitrogen and oxygen atoms in total. The Balaban J connectivity index is 3.19. The topological polar surface area (TPSA) is 63.6 Å². The molecular weight excluding hydrogens is 130 g/mol. The second-order valence-corrected chi connectivity index (χ2v) is 3.12. The smallest absolute Gasteiger partial charge is 0.273 e. The van der Waals surface area contributed by atoms with Gasteiger partial charge in [-0.2, -0.15) is 0 Å². The third-order valence-electron chi connectivity index (χ3n) is 0.751. The van der Waals surface area contributed by atoms with Crippen molar-refractivity contribution in [2.75, 3.05) is 6.54 Å². The van der Waals surface area contributed by atoms with Crippen LogP contribution in [-0.4, -0.2) is 25.6 Å². The Labute approximate surface area is 46.1 Å². The van der Waals surface area contributed by atoms with E-state index in [1.807, 2.05) is 0 Å². The van der Waals surface area contributed by atoms with Crippen molar-refractivity contribution in [2.45, 2.75) is 0 Å². The summed E-state index contributed by atoms with van der Waals surface area (Å²) in [4.78, 5) is 13.4. The average molecular weight is 133 g/mol. The molecular formula is C3H3NO3S. The van der Waals surface area contributed by atoms with Crippen LogP contribution in [0.3, 0.4) is 0 Å². The molecule has 0 aromatic rings. The number of carbonyl (C=O) groups is 1. The first-order valence-corrected chi connectivity index (χ1v) is 3.45. The molecule has 1 heterocycles. The van der Waals surface area contributed by atoms with Gasteiger partial charge in [-0.1, -0.05) is 0 Å². The van der Waals surface area contributed by atoms with Crippen LogP contribution in [0.4, 0.5) is 0 Å². The maximum Gasteiger partial charge on any atom is 0.273 e. The number of aliphatic imine (C=N–C) groups is 1. The van der Waals surface area contributed by atoms with Crippen molar-refractivity contribution in [3.63, 3.8) is 0 Å². The van der Waals surface area contributed by atoms with Crippen LogP contribution < -0.4 is 0 Å². The number of hydrogen-bond acceptors (Lipinski definition) is 4. The molecule has 0 radical (unpaired) electrons. The molecule has 0 unspecified atom stereocenters. The molecule has 0 saturated carbocycles. The predicted molar refractivity (Wildman–Crippen MR) is 27.3 cm³/mol. The third-order valence-corrected chi connectivity index (χ3v) is 1.94. The van der Waals surface area contributed by atoms with Crippen molar-refractivity contribution < 1.29 is 13.2 Å². The van der Waals surface area contributed by atoms with Gasteiger partial charge in [-0.3, -0.25) is 9.79 Å². The molecule has 0 aromatic carbocycles. The van der Waals surface area contributed by atoms with Crippen LogP contribution in [0.25, 0.3) is 0 Å². The fraction of sp³-hybridized carbons (Fsp3) is 0.333. The normalized spacial score (nSPS) is 24.2. The predicted octanol–water partition coefficient (Wildman–Crippen LogP) is -1.03. The van der Waals surface area contributed by atoms with Gasteiger partial charge in [-0.15, -0.1) is 0 Å². The summed E-state index contributed by atoms with van der Waals surface area (Å²) in [7, 11) is -3.56. The quantitative estimate of drug-likeness (QED) is 0.424. The summed E-state index contributed by atoms with van der Waals surface area (Å²) < 4.78 is 20.5. The van der Waals surface area contributed by atoms with Crippen LogP contribution >= 0.6 is 0 Å².